The summed E-state index contributed by atoms with van der Waals surface area (Å²) in [5, 5.41) is 8.41. The van der Waals surface area contributed by atoms with Gasteiger partial charge >= 0.3 is 0 Å². The predicted octanol–water partition coefficient (Wildman–Crippen LogP) is 2.62. The van der Waals surface area contributed by atoms with Crippen LogP contribution in [0.15, 0.2) is 18.3 Å². The van der Waals surface area contributed by atoms with E-state index >= 15 is 0 Å². The van der Waals surface area contributed by atoms with Crippen molar-refractivity contribution >= 4 is 5.91 Å². The Hall–Kier alpha value is -2.81. The van der Waals surface area contributed by atoms with Crippen LogP contribution in [0.4, 0.5) is 0 Å². The second-order valence-electron chi connectivity index (χ2n) is 7.61. The van der Waals surface area contributed by atoms with Crippen molar-refractivity contribution in [1.29, 1.82) is 0 Å². The first-order chi connectivity index (χ1) is 15.0. The van der Waals surface area contributed by atoms with Crippen LogP contribution in [-0.4, -0.2) is 78.2 Å². The van der Waals surface area contributed by atoms with Crippen LogP contribution in [0.3, 0.4) is 0 Å². The molecule has 1 fully saturated rings. The van der Waals surface area contributed by atoms with Crippen molar-refractivity contribution in [3.8, 4) is 17.2 Å². The van der Waals surface area contributed by atoms with Crippen molar-refractivity contribution in [2.24, 2.45) is 0 Å². The van der Waals surface area contributed by atoms with Gasteiger partial charge in [-0.2, -0.15) is 0 Å². The normalized spacial score (nSPS) is 16.7. The highest BCUT2D eigenvalue weighted by molar-refractivity contribution is 5.91. The lowest BCUT2D eigenvalue weighted by Crippen LogP contribution is -2.36. The minimum absolute atomic E-state index is 0.0704. The van der Waals surface area contributed by atoms with Crippen LogP contribution >= 0.6 is 0 Å². The molecule has 1 aliphatic rings. The highest BCUT2D eigenvalue weighted by Crippen LogP contribution is 2.36. The largest absolute Gasteiger partial charge is 0.496 e. The molecule has 170 valence electrons. The van der Waals surface area contributed by atoms with Crippen molar-refractivity contribution in [1.82, 2.24) is 24.8 Å². The predicted molar refractivity (Wildman–Crippen MR) is 117 cm³/mol. The zero-order valence-electron chi connectivity index (χ0n) is 19.1. The number of hydrogen-bond donors (Lipinski definition) is 0. The van der Waals surface area contributed by atoms with Gasteiger partial charge in [-0.15, -0.1) is 5.10 Å². The van der Waals surface area contributed by atoms with Gasteiger partial charge in [0.1, 0.15) is 5.75 Å². The summed E-state index contributed by atoms with van der Waals surface area (Å²) in [6, 6.07) is 4.00. The van der Waals surface area contributed by atoms with Gasteiger partial charge in [0.05, 0.1) is 33.6 Å². The Morgan fingerprint density at radius 2 is 1.77 bits per heavy atom. The van der Waals surface area contributed by atoms with E-state index in [4.69, 9.17) is 14.2 Å². The molecule has 1 atom stereocenters. The van der Waals surface area contributed by atoms with Gasteiger partial charge in [0.2, 0.25) is 0 Å². The summed E-state index contributed by atoms with van der Waals surface area (Å²) in [5.74, 6) is 2.03. The Kier molecular flexibility index (Phi) is 7.73. The van der Waals surface area contributed by atoms with E-state index in [9.17, 15) is 4.79 Å². The monoisotopic (exact) mass is 431 g/mol. The fraction of sp³-hybridized carbons (Fsp3) is 0.591. The van der Waals surface area contributed by atoms with E-state index in [1.165, 1.54) is 0 Å². The minimum Gasteiger partial charge on any atom is -0.496 e. The maximum Gasteiger partial charge on any atom is 0.276 e. The summed E-state index contributed by atoms with van der Waals surface area (Å²) in [6.07, 6.45) is 3.83. The van der Waals surface area contributed by atoms with Crippen LogP contribution in [0.1, 0.15) is 48.8 Å². The molecule has 3 rings (SSSR count). The molecule has 0 saturated carbocycles. The number of benzene rings is 1. The van der Waals surface area contributed by atoms with Crippen LogP contribution in [-0.2, 0) is 6.54 Å². The number of amides is 1. The Morgan fingerprint density at radius 1 is 1.10 bits per heavy atom. The fourth-order valence-corrected chi connectivity index (χ4v) is 4.07. The van der Waals surface area contributed by atoms with Gasteiger partial charge in [-0.1, -0.05) is 5.21 Å². The number of aromatic nitrogens is 3. The lowest BCUT2D eigenvalue weighted by molar-refractivity contribution is 0.0767. The molecule has 0 aliphatic carbocycles. The number of piperidine rings is 1. The van der Waals surface area contributed by atoms with Gasteiger partial charge in [-0.05, 0) is 39.3 Å². The average Bonchev–Trinajstić information content (AvgIpc) is 3.30. The SMILES string of the molecule is CCN(CC)C(=O)c1cn([C@@H]2CCCN(Cc3cc(OC)c(OC)cc3OC)C2)nn1. The molecule has 2 heterocycles. The third-order valence-corrected chi connectivity index (χ3v) is 5.82. The fourth-order valence-electron chi connectivity index (χ4n) is 4.07. The van der Waals surface area contributed by atoms with E-state index in [-0.39, 0.29) is 11.9 Å². The molecule has 0 bridgehead atoms. The Morgan fingerprint density at radius 3 is 2.42 bits per heavy atom. The standard InChI is InChI=1S/C22H33N5O4/c1-6-26(7-2)22(28)18-15-27(24-23-18)17-9-8-10-25(14-17)13-16-11-20(30-4)21(31-5)12-19(16)29-3/h11-12,15,17H,6-10,13-14H2,1-5H3/t17-/m1/s1. The highest BCUT2D eigenvalue weighted by Gasteiger charge is 2.25. The maximum atomic E-state index is 12.6. The average molecular weight is 432 g/mol. The highest BCUT2D eigenvalue weighted by atomic mass is 16.5. The Labute approximate surface area is 183 Å². The third-order valence-electron chi connectivity index (χ3n) is 5.82. The number of methoxy groups -OCH3 is 3. The zero-order valence-corrected chi connectivity index (χ0v) is 19.1. The number of likely N-dealkylation sites (tertiary alicyclic amines) is 1. The topological polar surface area (TPSA) is 82.0 Å². The van der Waals surface area contributed by atoms with E-state index in [1.54, 1.807) is 32.4 Å². The number of carbonyl (C=O) groups excluding carboxylic acids is 1. The second-order valence-corrected chi connectivity index (χ2v) is 7.61. The van der Waals surface area contributed by atoms with Crippen LogP contribution in [0.25, 0.3) is 0 Å². The van der Waals surface area contributed by atoms with Crippen molar-refractivity contribution in [2.75, 3.05) is 47.5 Å². The summed E-state index contributed by atoms with van der Waals surface area (Å²) in [6.45, 7) is 7.77. The van der Waals surface area contributed by atoms with Crippen LogP contribution in [0, 0.1) is 0 Å². The number of carbonyl (C=O) groups is 1. The molecule has 0 unspecified atom stereocenters. The molecule has 1 aromatic heterocycles. The van der Waals surface area contributed by atoms with E-state index in [1.807, 2.05) is 30.7 Å². The number of nitrogens with zero attached hydrogens (tertiary/aromatic N) is 5. The van der Waals surface area contributed by atoms with Gasteiger partial charge in [-0.3, -0.25) is 9.69 Å². The van der Waals surface area contributed by atoms with Crippen molar-refractivity contribution in [3.05, 3.63) is 29.6 Å². The molecule has 1 aliphatic heterocycles. The quantitative estimate of drug-likeness (QED) is 0.604. The summed E-state index contributed by atoms with van der Waals surface area (Å²) >= 11 is 0. The second kappa shape index (κ2) is 10.5. The first kappa shape index (κ1) is 22.9. The molecule has 1 aromatic carbocycles. The van der Waals surface area contributed by atoms with E-state index in [0.29, 0.717) is 30.3 Å². The molecule has 2 aromatic rings. The molecule has 9 heteroatoms. The third kappa shape index (κ3) is 5.10. The summed E-state index contributed by atoms with van der Waals surface area (Å²) < 4.78 is 18.3. The lowest BCUT2D eigenvalue weighted by atomic mass is 10.0. The molecule has 0 radical (unpaired) electrons. The van der Waals surface area contributed by atoms with Crippen molar-refractivity contribution in [3.63, 3.8) is 0 Å². The van der Waals surface area contributed by atoms with Gasteiger partial charge < -0.3 is 19.1 Å². The van der Waals surface area contributed by atoms with Gasteiger partial charge in [-0.25, -0.2) is 4.68 Å². The Bertz CT molecular complexity index is 881. The summed E-state index contributed by atoms with van der Waals surface area (Å²) in [4.78, 5) is 16.7. The molecule has 9 nitrogen and oxygen atoms in total. The van der Waals surface area contributed by atoms with Crippen molar-refractivity contribution < 1.29 is 19.0 Å². The van der Waals surface area contributed by atoms with Crippen LogP contribution in [0.2, 0.25) is 0 Å². The van der Waals surface area contributed by atoms with Gasteiger partial charge in [0, 0.05) is 37.8 Å². The molecule has 0 N–H and O–H groups in total. The lowest BCUT2D eigenvalue weighted by Gasteiger charge is -2.33. The zero-order chi connectivity index (χ0) is 22.4. The van der Waals surface area contributed by atoms with Crippen molar-refractivity contribution in [2.45, 2.75) is 39.3 Å². The number of rotatable bonds is 9. The molecule has 1 amide bonds. The molecule has 31 heavy (non-hydrogen) atoms. The van der Waals surface area contributed by atoms with Crippen LogP contribution in [0.5, 0.6) is 17.2 Å². The van der Waals surface area contributed by atoms with E-state index in [2.05, 4.69) is 15.2 Å². The Balaban J connectivity index is 1.73. The first-order valence-electron chi connectivity index (χ1n) is 10.8. The smallest absolute Gasteiger partial charge is 0.276 e. The van der Waals surface area contributed by atoms with Crippen LogP contribution < -0.4 is 14.2 Å². The first-order valence-corrected chi connectivity index (χ1v) is 10.8. The molecule has 0 spiro atoms. The van der Waals surface area contributed by atoms with E-state index < -0.39 is 0 Å². The maximum absolute atomic E-state index is 12.6. The van der Waals surface area contributed by atoms with Gasteiger partial charge in [0.15, 0.2) is 17.2 Å². The van der Waals surface area contributed by atoms with E-state index in [0.717, 1.165) is 43.8 Å². The summed E-state index contributed by atoms with van der Waals surface area (Å²) in [7, 11) is 4.91. The molecular weight excluding hydrogens is 398 g/mol. The summed E-state index contributed by atoms with van der Waals surface area (Å²) in [5.41, 5.74) is 1.44. The number of ether oxygens (including phenoxy) is 3. The molecular formula is C22H33N5O4. The number of hydrogen-bond acceptors (Lipinski definition) is 7. The van der Waals surface area contributed by atoms with Gasteiger partial charge in [0.25, 0.3) is 5.91 Å². The molecule has 1 saturated heterocycles. The minimum atomic E-state index is -0.0704.